The number of nitrogens with two attached hydrogens (primary N) is 1. The summed E-state index contributed by atoms with van der Waals surface area (Å²) < 4.78 is 0. The molecule has 2 aliphatic carbocycles. The molecule has 0 aliphatic heterocycles. The molecule has 0 heterocycles. The molecular formula is C26H49N. The lowest BCUT2D eigenvalue weighted by molar-refractivity contribution is -0.104. The summed E-state index contributed by atoms with van der Waals surface area (Å²) in [5.41, 5.74) is 9.59. The molecule has 2 aliphatic rings. The zero-order valence-electron chi connectivity index (χ0n) is 20.0. The van der Waals surface area contributed by atoms with Crippen molar-refractivity contribution in [3.8, 4) is 0 Å². The highest BCUT2D eigenvalue weighted by atomic mass is 14.9. The minimum absolute atomic E-state index is 0.0581. The molecule has 1 heteroatoms. The lowest BCUT2D eigenvalue weighted by Crippen LogP contribution is -2.69. The van der Waals surface area contributed by atoms with Crippen molar-refractivity contribution in [1.82, 2.24) is 0 Å². The molecule has 8 atom stereocenters. The minimum Gasteiger partial charge on any atom is -0.324 e. The van der Waals surface area contributed by atoms with E-state index in [1.807, 2.05) is 0 Å². The van der Waals surface area contributed by atoms with Crippen LogP contribution in [0.25, 0.3) is 0 Å². The highest BCUT2D eigenvalue weighted by molar-refractivity contribution is 5.18. The second-order valence-electron chi connectivity index (χ2n) is 11.0. The fourth-order valence-corrected chi connectivity index (χ4v) is 7.29. The van der Waals surface area contributed by atoms with Crippen LogP contribution in [-0.2, 0) is 0 Å². The Morgan fingerprint density at radius 2 is 1.74 bits per heavy atom. The summed E-state index contributed by atoms with van der Waals surface area (Å²) in [5.74, 6) is 3.65. The van der Waals surface area contributed by atoms with Gasteiger partial charge in [0.2, 0.25) is 0 Å². The van der Waals surface area contributed by atoms with Crippen molar-refractivity contribution in [2.24, 2.45) is 46.2 Å². The predicted octanol–water partition coefficient (Wildman–Crippen LogP) is 7.60. The van der Waals surface area contributed by atoms with Crippen molar-refractivity contribution >= 4 is 0 Å². The second-order valence-corrected chi connectivity index (χ2v) is 11.0. The van der Waals surface area contributed by atoms with Crippen molar-refractivity contribution in [3.05, 3.63) is 11.6 Å². The van der Waals surface area contributed by atoms with Gasteiger partial charge in [0.25, 0.3) is 0 Å². The lowest BCUT2D eigenvalue weighted by atomic mass is 9.43. The Bertz CT molecular complexity index is 536. The Morgan fingerprint density at radius 3 is 2.26 bits per heavy atom. The van der Waals surface area contributed by atoms with E-state index in [1.54, 1.807) is 5.57 Å². The van der Waals surface area contributed by atoms with Crippen LogP contribution in [0.5, 0.6) is 0 Å². The van der Waals surface area contributed by atoms with E-state index in [1.165, 1.54) is 44.9 Å². The first-order valence-corrected chi connectivity index (χ1v) is 12.0. The molecule has 2 N–H and O–H groups in total. The molecule has 0 bridgehead atoms. The van der Waals surface area contributed by atoms with Crippen LogP contribution >= 0.6 is 0 Å². The average molecular weight is 376 g/mol. The highest BCUT2D eigenvalue weighted by Gasteiger charge is 2.60. The van der Waals surface area contributed by atoms with Gasteiger partial charge in [-0.25, -0.2) is 0 Å². The molecule has 0 spiro atoms. The van der Waals surface area contributed by atoms with Gasteiger partial charge in [-0.1, -0.05) is 73.5 Å². The zero-order valence-corrected chi connectivity index (χ0v) is 20.0. The smallest absolute Gasteiger partial charge is 0.0265 e. The van der Waals surface area contributed by atoms with Gasteiger partial charge in [-0.05, 0) is 85.9 Å². The van der Waals surface area contributed by atoms with E-state index in [9.17, 15) is 0 Å². The third-order valence-corrected chi connectivity index (χ3v) is 9.97. The fraction of sp³-hybridized carbons (Fsp3) is 0.923. The molecule has 1 saturated carbocycles. The van der Waals surface area contributed by atoms with Gasteiger partial charge in [0, 0.05) is 5.54 Å². The number of rotatable bonds is 6. The summed E-state index contributed by atoms with van der Waals surface area (Å²) >= 11 is 0. The number of allylic oxidation sites excluding steroid dienone is 2. The summed E-state index contributed by atoms with van der Waals surface area (Å²) in [6, 6.07) is 0. The lowest BCUT2D eigenvalue weighted by Gasteiger charge is -2.64. The van der Waals surface area contributed by atoms with Gasteiger partial charge >= 0.3 is 0 Å². The summed E-state index contributed by atoms with van der Waals surface area (Å²) in [5, 5.41) is 0. The van der Waals surface area contributed by atoms with Crippen LogP contribution < -0.4 is 5.73 Å². The van der Waals surface area contributed by atoms with E-state index in [2.05, 4.69) is 68.4 Å². The van der Waals surface area contributed by atoms with Crippen molar-refractivity contribution in [2.75, 3.05) is 0 Å². The Morgan fingerprint density at radius 1 is 1.11 bits per heavy atom. The predicted molar refractivity (Wildman–Crippen MR) is 121 cm³/mol. The Balaban J connectivity index is 2.49. The van der Waals surface area contributed by atoms with Crippen LogP contribution in [0, 0.1) is 40.4 Å². The SMILES string of the molecule is CCCC1(N)C(C)(CC)CCC(C)C1(C)CC1C(C)[C@H](C)C=C(C)[C@@H]1CC. The van der Waals surface area contributed by atoms with E-state index < -0.39 is 0 Å². The van der Waals surface area contributed by atoms with Crippen LogP contribution in [0.4, 0.5) is 0 Å². The van der Waals surface area contributed by atoms with Gasteiger partial charge in [-0.2, -0.15) is 0 Å². The summed E-state index contributed by atoms with van der Waals surface area (Å²) in [6.45, 7) is 22.0. The third kappa shape index (κ3) is 3.56. The molecule has 0 aromatic heterocycles. The van der Waals surface area contributed by atoms with Crippen LogP contribution in [0.1, 0.15) is 107 Å². The van der Waals surface area contributed by atoms with E-state index in [0.29, 0.717) is 11.8 Å². The van der Waals surface area contributed by atoms with Crippen LogP contribution in [-0.4, -0.2) is 5.54 Å². The second kappa shape index (κ2) is 8.21. The first-order valence-electron chi connectivity index (χ1n) is 12.0. The van der Waals surface area contributed by atoms with Gasteiger partial charge in [-0.3, -0.25) is 0 Å². The summed E-state index contributed by atoms with van der Waals surface area (Å²) in [4.78, 5) is 0. The summed E-state index contributed by atoms with van der Waals surface area (Å²) in [6.07, 6.45) is 11.3. The fourth-order valence-electron chi connectivity index (χ4n) is 7.29. The van der Waals surface area contributed by atoms with Crippen LogP contribution in [0.3, 0.4) is 0 Å². The van der Waals surface area contributed by atoms with Crippen molar-refractivity contribution < 1.29 is 0 Å². The Hall–Kier alpha value is -0.300. The molecule has 1 nitrogen and oxygen atoms in total. The molecule has 0 aromatic carbocycles. The normalized spacial score (nSPS) is 48.4. The van der Waals surface area contributed by atoms with Crippen molar-refractivity contribution in [3.63, 3.8) is 0 Å². The molecule has 6 unspecified atom stereocenters. The molecule has 0 amide bonds. The van der Waals surface area contributed by atoms with Gasteiger partial charge in [0.1, 0.15) is 0 Å². The molecule has 1 fully saturated rings. The van der Waals surface area contributed by atoms with E-state index in [0.717, 1.165) is 17.8 Å². The van der Waals surface area contributed by atoms with Crippen molar-refractivity contribution in [1.29, 1.82) is 0 Å². The van der Waals surface area contributed by atoms with Gasteiger partial charge in [-0.15, -0.1) is 0 Å². The summed E-state index contributed by atoms with van der Waals surface area (Å²) in [7, 11) is 0. The van der Waals surface area contributed by atoms with Gasteiger partial charge < -0.3 is 5.73 Å². The maximum Gasteiger partial charge on any atom is 0.0265 e. The van der Waals surface area contributed by atoms with Crippen molar-refractivity contribution in [2.45, 2.75) is 113 Å². The van der Waals surface area contributed by atoms with E-state index >= 15 is 0 Å². The molecule has 0 radical (unpaired) electrons. The van der Waals surface area contributed by atoms with Crippen LogP contribution in [0.15, 0.2) is 11.6 Å². The van der Waals surface area contributed by atoms with E-state index in [-0.39, 0.29) is 16.4 Å². The topological polar surface area (TPSA) is 26.0 Å². The first kappa shape index (κ1) is 23.0. The maximum atomic E-state index is 7.53. The Kier molecular flexibility index (Phi) is 6.99. The molecule has 27 heavy (non-hydrogen) atoms. The minimum atomic E-state index is -0.0581. The standard InChI is InChI=1S/C26H49N/c1-10-14-26(27)24(8,12-3)15-13-20(6)25(26,9)17-23-21(7)18(4)16-19(5)22(23)11-2/h16,18,20-23H,10-15,17,27H2,1-9H3/t18-,20?,21?,22+,23?,24?,25?,26?/m1/s1. The molecular weight excluding hydrogens is 326 g/mol. The third-order valence-electron chi connectivity index (χ3n) is 9.97. The van der Waals surface area contributed by atoms with E-state index in [4.69, 9.17) is 5.73 Å². The zero-order chi connectivity index (χ0) is 20.6. The monoisotopic (exact) mass is 375 g/mol. The molecule has 2 rings (SSSR count). The quantitative estimate of drug-likeness (QED) is 0.475. The largest absolute Gasteiger partial charge is 0.324 e. The van der Waals surface area contributed by atoms with Gasteiger partial charge in [0.15, 0.2) is 0 Å². The maximum absolute atomic E-state index is 7.53. The highest BCUT2D eigenvalue weighted by Crippen LogP contribution is 2.62. The average Bonchev–Trinajstić information content (AvgIpc) is 2.62. The molecule has 0 saturated heterocycles. The Labute approximate surface area is 171 Å². The van der Waals surface area contributed by atoms with Gasteiger partial charge in [0.05, 0.1) is 0 Å². The molecule has 0 aromatic rings. The number of hydrogen-bond acceptors (Lipinski definition) is 1. The number of hydrogen-bond donors (Lipinski definition) is 1. The first-order chi connectivity index (χ1) is 12.5. The van der Waals surface area contributed by atoms with Crippen LogP contribution in [0.2, 0.25) is 0 Å². The molecule has 158 valence electrons.